The van der Waals surface area contributed by atoms with Crippen LogP contribution in [0.15, 0.2) is 42.5 Å². The Bertz CT molecular complexity index is 638. The van der Waals surface area contributed by atoms with Crippen LogP contribution in [0.25, 0.3) is 0 Å². The van der Waals surface area contributed by atoms with Crippen molar-refractivity contribution in [2.45, 2.75) is 26.7 Å². The van der Waals surface area contributed by atoms with Crippen molar-refractivity contribution in [1.82, 2.24) is 0 Å². The second kappa shape index (κ2) is 7.85. The van der Waals surface area contributed by atoms with Crippen molar-refractivity contribution in [3.8, 4) is 5.75 Å². The summed E-state index contributed by atoms with van der Waals surface area (Å²) in [4.78, 5) is 11.9. The first kappa shape index (κ1) is 16.4. The third kappa shape index (κ3) is 4.50. The Kier molecular flexibility index (Phi) is 5.84. The lowest BCUT2D eigenvalue weighted by atomic mass is 10.2. The number of hydrogen-bond acceptors (Lipinski definition) is 2. The van der Waals surface area contributed by atoms with E-state index in [9.17, 15) is 4.79 Å². The molecule has 2 rings (SSSR count). The van der Waals surface area contributed by atoms with Gasteiger partial charge in [0.1, 0.15) is 5.75 Å². The van der Waals surface area contributed by atoms with Gasteiger partial charge in [0.15, 0.2) is 0 Å². The minimum atomic E-state index is -0.0875. The summed E-state index contributed by atoms with van der Waals surface area (Å²) in [5, 5.41) is 3.50. The Morgan fingerprint density at radius 2 is 1.91 bits per heavy atom. The number of benzene rings is 2. The molecule has 0 saturated heterocycles. The van der Waals surface area contributed by atoms with Crippen LogP contribution < -0.4 is 10.1 Å². The summed E-state index contributed by atoms with van der Waals surface area (Å²) in [5.41, 5.74) is 2.87. The molecule has 0 fully saturated rings. The van der Waals surface area contributed by atoms with Crippen LogP contribution in [0.3, 0.4) is 0 Å². The fourth-order valence-corrected chi connectivity index (χ4v) is 2.21. The van der Waals surface area contributed by atoms with Gasteiger partial charge in [0.2, 0.25) is 5.91 Å². The van der Waals surface area contributed by atoms with E-state index in [0.717, 1.165) is 23.4 Å². The van der Waals surface area contributed by atoms with Crippen molar-refractivity contribution in [3.63, 3.8) is 0 Å². The minimum Gasteiger partial charge on any atom is -0.493 e. The second-order valence-electron chi connectivity index (χ2n) is 5.06. The average Bonchev–Trinajstić information content (AvgIpc) is 2.52. The number of rotatable bonds is 6. The zero-order valence-corrected chi connectivity index (χ0v) is 13.6. The van der Waals surface area contributed by atoms with Gasteiger partial charge >= 0.3 is 0 Å². The highest BCUT2D eigenvalue weighted by atomic mass is 35.5. The predicted octanol–water partition coefficient (Wildman–Crippen LogP) is 4.62. The van der Waals surface area contributed by atoms with E-state index < -0.39 is 0 Å². The lowest BCUT2D eigenvalue weighted by molar-refractivity contribution is -0.116. The number of amides is 1. The molecule has 0 radical (unpaired) electrons. The van der Waals surface area contributed by atoms with Crippen LogP contribution in [-0.2, 0) is 11.2 Å². The summed E-state index contributed by atoms with van der Waals surface area (Å²) in [6.07, 6.45) is 1.29. The SMILES string of the molecule is CCc1ccc(OCCC(=O)Nc2cccc(Cl)c2C)cc1. The average molecular weight is 318 g/mol. The molecule has 0 bridgehead atoms. The van der Waals surface area contributed by atoms with Gasteiger partial charge in [-0.2, -0.15) is 0 Å². The number of anilines is 1. The van der Waals surface area contributed by atoms with Gasteiger partial charge in [-0.05, 0) is 48.7 Å². The summed E-state index contributed by atoms with van der Waals surface area (Å²) in [6.45, 7) is 4.33. The lowest BCUT2D eigenvalue weighted by Crippen LogP contribution is -2.15. The maximum atomic E-state index is 11.9. The highest BCUT2D eigenvalue weighted by Gasteiger charge is 2.07. The monoisotopic (exact) mass is 317 g/mol. The molecule has 0 aromatic heterocycles. The maximum Gasteiger partial charge on any atom is 0.227 e. The first-order valence-electron chi connectivity index (χ1n) is 7.37. The van der Waals surface area contributed by atoms with Crippen LogP contribution in [0.4, 0.5) is 5.69 Å². The number of nitrogens with one attached hydrogen (secondary N) is 1. The predicted molar refractivity (Wildman–Crippen MR) is 90.8 cm³/mol. The molecular weight excluding hydrogens is 298 g/mol. The summed E-state index contributed by atoms with van der Waals surface area (Å²) in [7, 11) is 0. The number of carbonyl (C=O) groups is 1. The molecule has 0 aliphatic carbocycles. The molecule has 116 valence electrons. The van der Waals surface area contributed by atoms with Crippen molar-refractivity contribution in [3.05, 3.63) is 58.6 Å². The second-order valence-corrected chi connectivity index (χ2v) is 5.46. The van der Waals surface area contributed by atoms with E-state index in [-0.39, 0.29) is 5.91 Å². The first-order chi connectivity index (χ1) is 10.6. The number of halogens is 1. The van der Waals surface area contributed by atoms with Crippen molar-refractivity contribution < 1.29 is 9.53 Å². The topological polar surface area (TPSA) is 38.3 Å². The summed E-state index contributed by atoms with van der Waals surface area (Å²) < 4.78 is 5.58. The number of carbonyl (C=O) groups excluding carboxylic acids is 1. The molecule has 2 aromatic carbocycles. The van der Waals surface area contributed by atoms with E-state index in [4.69, 9.17) is 16.3 Å². The van der Waals surface area contributed by atoms with Gasteiger partial charge in [-0.3, -0.25) is 4.79 Å². The zero-order chi connectivity index (χ0) is 15.9. The molecule has 0 saturated carbocycles. The van der Waals surface area contributed by atoms with E-state index in [1.165, 1.54) is 5.56 Å². The molecule has 4 heteroatoms. The van der Waals surface area contributed by atoms with Crippen LogP contribution in [0.5, 0.6) is 5.75 Å². The Balaban J connectivity index is 1.81. The molecule has 3 nitrogen and oxygen atoms in total. The summed E-state index contributed by atoms with van der Waals surface area (Å²) in [6, 6.07) is 13.4. The van der Waals surface area contributed by atoms with Crippen molar-refractivity contribution in [2.24, 2.45) is 0 Å². The third-order valence-electron chi connectivity index (χ3n) is 3.47. The van der Waals surface area contributed by atoms with E-state index in [0.29, 0.717) is 18.1 Å². The van der Waals surface area contributed by atoms with Crippen molar-refractivity contribution in [1.29, 1.82) is 0 Å². The van der Waals surface area contributed by atoms with Gasteiger partial charge in [-0.15, -0.1) is 0 Å². The Labute approximate surface area is 136 Å². The Morgan fingerprint density at radius 1 is 1.18 bits per heavy atom. The molecule has 22 heavy (non-hydrogen) atoms. The van der Waals surface area contributed by atoms with Gasteiger partial charge in [-0.25, -0.2) is 0 Å². The van der Waals surface area contributed by atoms with Crippen molar-refractivity contribution in [2.75, 3.05) is 11.9 Å². The molecule has 0 heterocycles. The van der Waals surface area contributed by atoms with Gasteiger partial charge in [0.05, 0.1) is 13.0 Å². The Hall–Kier alpha value is -2.00. The standard InChI is InChI=1S/C18H20ClNO2/c1-3-14-7-9-15(10-8-14)22-12-11-18(21)20-17-6-4-5-16(19)13(17)2/h4-10H,3,11-12H2,1-2H3,(H,20,21). The minimum absolute atomic E-state index is 0.0875. The molecule has 0 spiro atoms. The number of hydrogen-bond donors (Lipinski definition) is 1. The first-order valence-corrected chi connectivity index (χ1v) is 7.74. The highest BCUT2D eigenvalue weighted by molar-refractivity contribution is 6.31. The quantitative estimate of drug-likeness (QED) is 0.844. The van der Waals surface area contributed by atoms with Crippen LogP contribution in [0, 0.1) is 6.92 Å². The molecule has 1 amide bonds. The summed E-state index contributed by atoms with van der Waals surface area (Å²) >= 11 is 6.03. The smallest absolute Gasteiger partial charge is 0.227 e. The van der Waals surface area contributed by atoms with Crippen molar-refractivity contribution >= 4 is 23.2 Å². The molecule has 0 unspecified atom stereocenters. The number of aryl methyl sites for hydroxylation is 1. The van der Waals surface area contributed by atoms with E-state index in [1.54, 1.807) is 6.07 Å². The fourth-order valence-electron chi connectivity index (χ4n) is 2.04. The van der Waals surface area contributed by atoms with E-state index in [1.807, 2.05) is 43.3 Å². The van der Waals surface area contributed by atoms with E-state index in [2.05, 4.69) is 12.2 Å². The zero-order valence-electron chi connectivity index (χ0n) is 12.9. The number of ether oxygens (including phenoxy) is 1. The largest absolute Gasteiger partial charge is 0.493 e. The maximum absolute atomic E-state index is 11.9. The molecule has 0 aliphatic heterocycles. The highest BCUT2D eigenvalue weighted by Crippen LogP contribution is 2.23. The third-order valence-corrected chi connectivity index (χ3v) is 3.88. The fraction of sp³-hybridized carbons (Fsp3) is 0.278. The molecule has 0 aliphatic rings. The van der Waals surface area contributed by atoms with E-state index >= 15 is 0 Å². The van der Waals surface area contributed by atoms with Gasteiger partial charge in [0, 0.05) is 10.7 Å². The molecular formula is C18H20ClNO2. The Morgan fingerprint density at radius 3 is 2.59 bits per heavy atom. The normalized spacial score (nSPS) is 10.3. The van der Waals surface area contributed by atoms with Crippen LogP contribution in [0.1, 0.15) is 24.5 Å². The lowest BCUT2D eigenvalue weighted by Gasteiger charge is -2.10. The molecule has 1 N–H and O–H groups in total. The van der Waals surface area contributed by atoms with Crippen LogP contribution in [-0.4, -0.2) is 12.5 Å². The summed E-state index contributed by atoms with van der Waals surface area (Å²) in [5.74, 6) is 0.694. The molecule has 0 atom stereocenters. The van der Waals surface area contributed by atoms with Crippen LogP contribution >= 0.6 is 11.6 Å². The van der Waals surface area contributed by atoms with Gasteiger partial charge in [-0.1, -0.05) is 36.7 Å². The van der Waals surface area contributed by atoms with Crippen LogP contribution in [0.2, 0.25) is 5.02 Å². The van der Waals surface area contributed by atoms with Gasteiger partial charge < -0.3 is 10.1 Å². The molecule has 2 aromatic rings. The van der Waals surface area contributed by atoms with Gasteiger partial charge in [0.25, 0.3) is 0 Å².